The zero-order valence-corrected chi connectivity index (χ0v) is 18.1. The van der Waals surface area contributed by atoms with Gasteiger partial charge in [0.2, 0.25) is 0 Å². The van der Waals surface area contributed by atoms with Crippen LogP contribution in [0.25, 0.3) is 0 Å². The van der Waals surface area contributed by atoms with Crippen LogP contribution in [0.1, 0.15) is 6.42 Å². The van der Waals surface area contributed by atoms with Crippen molar-refractivity contribution in [1.82, 2.24) is 4.98 Å². The molecule has 0 N–H and O–H groups in total. The lowest BCUT2D eigenvalue weighted by Gasteiger charge is -2.31. The number of anilines is 1. The average Bonchev–Trinajstić information content (AvgIpc) is 3.24. The van der Waals surface area contributed by atoms with E-state index in [0.29, 0.717) is 6.54 Å². The van der Waals surface area contributed by atoms with Crippen molar-refractivity contribution in [2.75, 3.05) is 11.4 Å². The van der Waals surface area contributed by atoms with Gasteiger partial charge in [-0.25, -0.2) is 4.98 Å². The molecule has 0 aliphatic carbocycles. The van der Waals surface area contributed by atoms with E-state index in [-0.39, 0.29) is 11.6 Å². The Morgan fingerprint density at radius 3 is 1.61 bits per heavy atom. The van der Waals surface area contributed by atoms with Crippen LogP contribution in [-0.4, -0.2) is 23.1 Å². The van der Waals surface area contributed by atoms with Crippen LogP contribution < -0.4 is 20.8 Å². The quantitative estimate of drug-likeness (QED) is 0.451. The van der Waals surface area contributed by atoms with E-state index >= 15 is 0 Å². The van der Waals surface area contributed by atoms with Crippen LogP contribution in [0.2, 0.25) is 0 Å². The molecule has 1 aliphatic heterocycles. The van der Waals surface area contributed by atoms with Gasteiger partial charge in [0, 0.05) is 19.2 Å². The fourth-order valence-corrected chi connectivity index (χ4v) is 9.62. The number of hydrogen-bond donors (Lipinski definition) is 0. The van der Waals surface area contributed by atoms with Gasteiger partial charge in [-0.05, 0) is 48.5 Å². The summed E-state index contributed by atoms with van der Waals surface area (Å²) >= 11 is 0. The summed E-state index contributed by atoms with van der Waals surface area (Å²) in [4.78, 5) is 20.3. The number of nitrogens with zero attached hydrogens (tertiary/aromatic N) is 2. The normalized spacial score (nSPS) is 16.5. The summed E-state index contributed by atoms with van der Waals surface area (Å²) in [6, 6.07) is 37.6. The molecule has 1 saturated heterocycles. The summed E-state index contributed by atoms with van der Waals surface area (Å²) in [5.74, 6) is 0.908. The number of aromatic nitrogens is 1. The second kappa shape index (κ2) is 8.45. The van der Waals surface area contributed by atoms with Gasteiger partial charge in [0.1, 0.15) is 29.0 Å². The highest BCUT2D eigenvalue weighted by atomic mass is 31.2. The van der Waals surface area contributed by atoms with Gasteiger partial charge in [-0.2, -0.15) is 0 Å². The van der Waals surface area contributed by atoms with Gasteiger partial charge in [-0.15, -0.1) is 0 Å². The third kappa shape index (κ3) is 3.36. The van der Waals surface area contributed by atoms with Gasteiger partial charge in [0.15, 0.2) is 5.66 Å². The highest BCUT2D eigenvalue weighted by Gasteiger charge is 2.58. The van der Waals surface area contributed by atoms with E-state index in [4.69, 9.17) is 0 Å². The molecule has 1 atom stereocenters. The Hall–Kier alpha value is -3.29. The topological polar surface area (TPSA) is 33.2 Å². The molecular weight excluding hydrogens is 399 g/mol. The maximum absolute atomic E-state index is 14.0. The van der Waals surface area contributed by atoms with Crippen molar-refractivity contribution < 1.29 is 4.79 Å². The Bertz CT molecular complexity index is 1050. The molecule has 1 aliphatic rings. The predicted octanol–water partition coefficient (Wildman–Crippen LogP) is 4.18. The Morgan fingerprint density at radius 1 is 0.677 bits per heavy atom. The molecule has 5 rings (SSSR count). The summed E-state index contributed by atoms with van der Waals surface area (Å²) in [5, 5.41) is 3.73. The van der Waals surface area contributed by atoms with E-state index in [1.165, 1.54) is 15.9 Å². The summed E-state index contributed by atoms with van der Waals surface area (Å²) in [7, 11) is -2.23. The van der Waals surface area contributed by atoms with E-state index in [2.05, 4.69) is 77.8 Å². The highest BCUT2D eigenvalue weighted by Crippen LogP contribution is 2.62. The number of hydrogen-bond acceptors (Lipinski definition) is 2. The average molecular weight is 423 g/mol. The first kappa shape index (κ1) is 19.7. The second-order valence-corrected chi connectivity index (χ2v) is 11.3. The van der Waals surface area contributed by atoms with Crippen LogP contribution in [-0.2, 0) is 4.79 Å². The minimum Gasteiger partial charge on any atom is -0.293 e. The summed E-state index contributed by atoms with van der Waals surface area (Å²) in [6.45, 7) is 0.689. The molecule has 3 nitrogen and oxygen atoms in total. The largest absolute Gasteiger partial charge is 0.293 e. The van der Waals surface area contributed by atoms with E-state index in [9.17, 15) is 4.79 Å². The van der Waals surface area contributed by atoms with Gasteiger partial charge in [0.25, 0.3) is 5.91 Å². The Morgan fingerprint density at radius 2 is 1.16 bits per heavy atom. The first-order chi connectivity index (χ1) is 15.3. The Labute approximate surface area is 183 Å². The summed E-state index contributed by atoms with van der Waals surface area (Å²) in [5.41, 5.74) is -0.123. The van der Waals surface area contributed by atoms with E-state index in [1.54, 1.807) is 6.20 Å². The molecule has 31 heavy (non-hydrogen) atoms. The van der Waals surface area contributed by atoms with Crippen molar-refractivity contribution in [2.45, 2.75) is 12.1 Å². The van der Waals surface area contributed by atoms with Crippen molar-refractivity contribution in [3.63, 3.8) is 0 Å². The van der Waals surface area contributed by atoms with Crippen LogP contribution in [0, 0.1) is 0 Å². The van der Waals surface area contributed by atoms with Crippen molar-refractivity contribution in [1.29, 1.82) is 0 Å². The number of amides is 1. The molecule has 1 aromatic heterocycles. The van der Waals surface area contributed by atoms with Crippen LogP contribution in [0.3, 0.4) is 0 Å². The molecule has 3 aromatic carbocycles. The Balaban J connectivity index is 1.74. The highest BCUT2D eigenvalue weighted by molar-refractivity contribution is 7.97. The molecule has 1 unspecified atom stereocenters. The van der Waals surface area contributed by atoms with Crippen LogP contribution >= 0.6 is 7.26 Å². The lowest BCUT2D eigenvalue weighted by atomic mass is 10.3. The number of pyridine rings is 1. The van der Waals surface area contributed by atoms with E-state index in [1.807, 2.05) is 41.3 Å². The number of carbonyl (C=O) groups is 1. The molecule has 1 fully saturated rings. The van der Waals surface area contributed by atoms with Crippen molar-refractivity contribution in [3.05, 3.63) is 115 Å². The maximum Gasteiger partial charge on any atom is 0.270 e. The maximum atomic E-state index is 14.0. The van der Waals surface area contributed by atoms with Gasteiger partial charge >= 0.3 is 0 Å². The van der Waals surface area contributed by atoms with E-state index < -0.39 is 7.26 Å². The first-order valence-corrected chi connectivity index (χ1v) is 12.5. The van der Waals surface area contributed by atoms with Crippen molar-refractivity contribution >= 4 is 34.9 Å². The number of benzene rings is 3. The minimum atomic E-state index is -2.23. The van der Waals surface area contributed by atoms with Gasteiger partial charge in [-0.3, -0.25) is 9.69 Å². The summed E-state index contributed by atoms with van der Waals surface area (Å²) < 4.78 is 0. The zero-order valence-electron chi connectivity index (χ0n) is 17.2. The molecule has 0 radical (unpaired) electrons. The first-order valence-electron chi connectivity index (χ1n) is 10.6. The van der Waals surface area contributed by atoms with Gasteiger partial charge in [-0.1, -0.05) is 60.7 Å². The third-order valence-corrected chi connectivity index (χ3v) is 10.8. The molecule has 0 bridgehead atoms. The lowest BCUT2D eigenvalue weighted by molar-refractivity contribution is -0.116. The lowest BCUT2D eigenvalue weighted by Crippen LogP contribution is -2.43. The molecule has 0 saturated carbocycles. The molecule has 4 heteroatoms. The van der Waals surface area contributed by atoms with Crippen molar-refractivity contribution in [3.8, 4) is 0 Å². The van der Waals surface area contributed by atoms with Crippen LogP contribution in [0.5, 0.6) is 0 Å². The number of rotatable bonds is 5. The SMILES string of the molecule is O=C1C([P+](c2ccccc2)(c2ccccc2)c2ccccc2)CCN1c1ccccn1. The minimum absolute atomic E-state index is 0.123. The van der Waals surface area contributed by atoms with Gasteiger partial charge in [0.05, 0.1) is 0 Å². The molecule has 152 valence electrons. The fourth-order valence-electron chi connectivity index (χ4n) is 4.74. The molecule has 4 aromatic rings. The zero-order chi connectivity index (χ0) is 21.1. The monoisotopic (exact) mass is 423 g/mol. The van der Waals surface area contributed by atoms with Crippen LogP contribution in [0.4, 0.5) is 5.82 Å². The third-order valence-electron chi connectivity index (χ3n) is 6.06. The van der Waals surface area contributed by atoms with Crippen molar-refractivity contribution in [2.24, 2.45) is 0 Å². The van der Waals surface area contributed by atoms with Crippen LogP contribution in [0.15, 0.2) is 115 Å². The molecule has 1 amide bonds. The molecular formula is C27H24N2OP+. The fraction of sp³-hybridized carbons (Fsp3) is 0.111. The molecule has 0 spiro atoms. The number of carbonyl (C=O) groups excluding carboxylic acids is 1. The van der Waals surface area contributed by atoms with E-state index in [0.717, 1.165) is 12.2 Å². The molecule has 2 heterocycles. The van der Waals surface area contributed by atoms with Gasteiger partial charge < -0.3 is 0 Å². The predicted molar refractivity (Wildman–Crippen MR) is 130 cm³/mol. The smallest absolute Gasteiger partial charge is 0.270 e. The second-order valence-electron chi connectivity index (χ2n) is 7.71. The standard InChI is InChI=1S/C27H24N2OP/c30-27-25(19-21-29(27)26-18-10-11-20-28-26)31(22-12-4-1-5-13-22,23-14-6-2-7-15-23)24-16-8-3-9-17-24/h1-18,20,25H,19,21H2/q+1. The Kier molecular flexibility index (Phi) is 5.36. The summed E-state index contributed by atoms with van der Waals surface area (Å²) in [6.07, 6.45) is 2.56.